The van der Waals surface area contributed by atoms with Gasteiger partial charge in [-0.15, -0.1) is 0 Å². The normalized spacial score (nSPS) is 12.2. The van der Waals surface area contributed by atoms with Crippen LogP contribution in [0.15, 0.2) is 12.3 Å². The molecule has 1 atom stereocenters. The van der Waals surface area contributed by atoms with E-state index in [1.54, 1.807) is 13.0 Å². The number of nitrogens with one attached hydrogen (secondary N) is 1. The third kappa shape index (κ3) is 2.88. The van der Waals surface area contributed by atoms with E-state index < -0.39 is 4.92 Å². The van der Waals surface area contributed by atoms with Crippen molar-refractivity contribution in [2.75, 3.05) is 11.9 Å². The Labute approximate surface area is 87.7 Å². The lowest BCUT2D eigenvalue weighted by molar-refractivity contribution is -0.385. The Balaban J connectivity index is 2.87. The van der Waals surface area contributed by atoms with Crippen LogP contribution in [0.5, 0.6) is 0 Å². The van der Waals surface area contributed by atoms with E-state index in [2.05, 4.69) is 10.3 Å². The fourth-order valence-electron chi connectivity index (χ4n) is 1.13. The summed E-state index contributed by atoms with van der Waals surface area (Å²) in [5.41, 5.74) is 6.05. The highest BCUT2D eigenvalue weighted by Crippen LogP contribution is 2.18. The highest BCUT2D eigenvalue weighted by molar-refractivity contribution is 5.47. The van der Waals surface area contributed by atoms with Crippen LogP contribution in [0.1, 0.15) is 12.5 Å². The van der Waals surface area contributed by atoms with E-state index in [1.807, 2.05) is 6.92 Å². The first kappa shape index (κ1) is 11.4. The monoisotopic (exact) mass is 210 g/mol. The molecule has 1 aromatic heterocycles. The van der Waals surface area contributed by atoms with Gasteiger partial charge in [0.2, 0.25) is 0 Å². The summed E-state index contributed by atoms with van der Waals surface area (Å²) in [7, 11) is 0. The Morgan fingerprint density at radius 3 is 2.87 bits per heavy atom. The van der Waals surface area contributed by atoms with Gasteiger partial charge in [-0.3, -0.25) is 10.1 Å². The van der Waals surface area contributed by atoms with Crippen LogP contribution in [0, 0.1) is 17.0 Å². The molecule has 0 saturated carbocycles. The molecule has 1 unspecified atom stereocenters. The molecule has 82 valence electrons. The summed E-state index contributed by atoms with van der Waals surface area (Å²) in [6, 6.07) is 1.74. The molecule has 0 bridgehead atoms. The molecular formula is C9H14N4O2. The summed E-state index contributed by atoms with van der Waals surface area (Å²) >= 11 is 0. The Kier molecular flexibility index (Phi) is 3.56. The van der Waals surface area contributed by atoms with Crippen molar-refractivity contribution in [2.24, 2.45) is 5.73 Å². The van der Waals surface area contributed by atoms with Gasteiger partial charge in [-0.25, -0.2) is 4.98 Å². The second-order valence-corrected chi connectivity index (χ2v) is 3.39. The van der Waals surface area contributed by atoms with Crippen molar-refractivity contribution in [1.29, 1.82) is 0 Å². The number of aryl methyl sites for hydroxylation is 1. The molecule has 0 spiro atoms. The number of aromatic nitrogens is 1. The first-order valence-electron chi connectivity index (χ1n) is 4.62. The second kappa shape index (κ2) is 4.70. The van der Waals surface area contributed by atoms with Crippen LogP contribution < -0.4 is 11.1 Å². The standard InChI is InChI=1S/C9H14N4O2/c1-6-3-9(12-7(2)4-10)11-5-8(6)13(14)15/h3,5,7H,4,10H2,1-2H3,(H,11,12). The van der Waals surface area contributed by atoms with Crippen LogP contribution in [0.3, 0.4) is 0 Å². The van der Waals surface area contributed by atoms with Crippen molar-refractivity contribution >= 4 is 11.5 Å². The topological polar surface area (TPSA) is 94.1 Å². The van der Waals surface area contributed by atoms with Gasteiger partial charge < -0.3 is 11.1 Å². The number of pyridine rings is 1. The summed E-state index contributed by atoms with van der Waals surface area (Å²) in [5.74, 6) is 0.607. The van der Waals surface area contributed by atoms with Gasteiger partial charge in [-0.2, -0.15) is 0 Å². The van der Waals surface area contributed by atoms with Crippen LogP contribution in [-0.4, -0.2) is 22.5 Å². The van der Waals surface area contributed by atoms with Crippen LogP contribution >= 0.6 is 0 Å². The van der Waals surface area contributed by atoms with E-state index >= 15 is 0 Å². The van der Waals surface area contributed by atoms with E-state index in [0.29, 0.717) is 17.9 Å². The zero-order valence-corrected chi connectivity index (χ0v) is 8.73. The van der Waals surface area contributed by atoms with Crippen LogP contribution in [0.4, 0.5) is 11.5 Å². The molecule has 0 radical (unpaired) electrons. The van der Waals surface area contributed by atoms with Crippen LogP contribution in [0.2, 0.25) is 0 Å². The van der Waals surface area contributed by atoms with Gasteiger partial charge in [0, 0.05) is 18.2 Å². The summed E-state index contributed by atoms with van der Waals surface area (Å²) in [6.45, 7) is 4.08. The molecule has 1 heterocycles. The third-order valence-electron chi connectivity index (χ3n) is 2.03. The molecule has 0 saturated heterocycles. The molecule has 0 aromatic carbocycles. The summed E-state index contributed by atoms with van der Waals surface area (Å²) in [5, 5.41) is 13.6. The van der Waals surface area contributed by atoms with E-state index in [9.17, 15) is 10.1 Å². The summed E-state index contributed by atoms with van der Waals surface area (Å²) in [6.07, 6.45) is 1.25. The van der Waals surface area contributed by atoms with Crippen molar-refractivity contribution in [2.45, 2.75) is 19.9 Å². The highest BCUT2D eigenvalue weighted by Gasteiger charge is 2.11. The van der Waals surface area contributed by atoms with Crippen molar-refractivity contribution in [1.82, 2.24) is 4.98 Å². The molecule has 0 aliphatic rings. The molecule has 15 heavy (non-hydrogen) atoms. The first-order valence-corrected chi connectivity index (χ1v) is 4.62. The second-order valence-electron chi connectivity index (χ2n) is 3.39. The van der Waals surface area contributed by atoms with Crippen molar-refractivity contribution < 1.29 is 4.92 Å². The molecule has 6 nitrogen and oxygen atoms in total. The fraction of sp³-hybridized carbons (Fsp3) is 0.444. The van der Waals surface area contributed by atoms with Crippen LogP contribution in [-0.2, 0) is 0 Å². The average molecular weight is 210 g/mol. The minimum atomic E-state index is -0.446. The Morgan fingerprint density at radius 2 is 2.40 bits per heavy atom. The number of nitrogens with two attached hydrogens (primary N) is 1. The van der Waals surface area contributed by atoms with E-state index in [-0.39, 0.29) is 11.7 Å². The molecule has 0 aliphatic heterocycles. The van der Waals surface area contributed by atoms with Crippen LogP contribution in [0.25, 0.3) is 0 Å². The maximum Gasteiger partial charge on any atom is 0.290 e. The summed E-state index contributed by atoms with van der Waals surface area (Å²) in [4.78, 5) is 14.0. The maximum absolute atomic E-state index is 10.5. The smallest absolute Gasteiger partial charge is 0.290 e. The minimum absolute atomic E-state index is 0.0287. The molecule has 0 fully saturated rings. The number of nitrogens with zero attached hydrogens (tertiary/aromatic N) is 2. The Hall–Kier alpha value is -1.69. The number of nitro groups is 1. The molecule has 1 aromatic rings. The predicted octanol–water partition coefficient (Wildman–Crippen LogP) is 1.06. The van der Waals surface area contributed by atoms with Gasteiger partial charge in [0.1, 0.15) is 12.0 Å². The van der Waals surface area contributed by atoms with E-state index in [1.165, 1.54) is 6.20 Å². The number of anilines is 1. The minimum Gasteiger partial charge on any atom is -0.366 e. The zero-order chi connectivity index (χ0) is 11.4. The average Bonchev–Trinajstić information content (AvgIpc) is 2.17. The predicted molar refractivity (Wildman–Crippen MR) is 57.8 cm³/mol. The van der Waals surface area contributed by atoms with Gasteiger partial charge in [0.15, 0.2) is 0 Å². The van der Waals surface area contributed by atoms with Gasteiger partial charge >= 0.3 is 0 Å². The number of hydrogen-bond acceptors (Lipinski definition) is 5. The molecule has 6 heteroatoms. The van der Waals surface area contributed by atoms with E-state index in [4.69, 9.17) is 5.73 Å². The van der Waals surface area contributed by atoms with Gasteiger partial charge in [0.25, 0.3) is 5.69 Å². The van der Waals surface area contributed by atoms with Crippen molar-refractivity contribution in [3.63, 3.8) is 0 Å². The Morgan fingerprint density at radius 1 is 1.73 bits per heavy atom. The molecule has 0 aliphatic carbocycles. The number of hydrogen-bond donors (Lipinski definition) is 2. The van der Waals surface area contributed by atoms with Gasteiger partial charge in [-0.1, -0.05) is 0 Å². The first-order chi connectivity index (χ1) is 7.04. The number of rotatable bonds is 4. The van der Waals surface area contributed by atoms with Gasteiger partial charge in [-0.05, 0) is 19.9 Å². The SMILES string of the molecule is Cc1cc(NC(C)CN)ncc1[N+](=O)[O-]. The van der Waals surface area contributed by atoms with Crippen molar-refractivity contribution in [3.05, 3.63) is 27.9 Å². The Bertz CT molecular complexity index is 367. The molecule has 1 rings (SSSR count). The lowest BCUT2D eigenvalue weighted by atomic mass is 10.2. The quantitative estimate of drug-likeness (QED) is 0.572. The van der Waals surface area contributed by atoms with E-state index in [0.717, 1.165) is 0 Å². The largest absolute Gasteiger partial charge is 0.366 e. The zero-order valence-electron chi connectivity index (χ0n) is 8.73. The lowest BCUT2D eigenvalue weighted by Crippen LogP contribution is -2.25. The molecule has 3 N–H and O–H groups in total. The maximum atomic E-state index is 10.5. The van der Waals surface area contributed by atoms with Crippen molar-refractivity contribution in [3.8, 4) is 0 Å². The molecular weight excluding hydrogens is 196 g/mol. The highest BCUT2D eigenvalue weighted by atomic mass is 16.6. The van der Waals surface area contributed by atoms with Gasteiger partial charge in [0.05, 0.1) is 4.92 Å². The lowest BCUT2D eigenvalue weighted by Gasteiger charge is -2.11. The molecule has 0 amide bonds. The fourth-order valence-corrected chi connectivity index (χ4v) is 1.13. The summed E-state index contributed by atoms with van der Waals surface area (Å²) < 4.78 is 0. The third-order valence-corrected chi connectivity index (χ3v) is 2.03.